The molecule has 0 aliphatic heterocycles. The Kier molecular flexibility index (Phi) is 6.27. The van der Waals surface area contributed by atoms with Gasteiger partial charge < -0.3 is 4.74 Å². The van der Waals surface area contributed by atoms with Gasteiger partial charge in [0.05, 0.1) is 28.3 Å². The molecule has 1 aliphatic rings. The van der Waals surface area contributed by atoms with Gasteiger partial charge >= 0.3 is 0 Å². The number of para-hydroxylation sites is 2. The molecule has 0 fully saturated rings. The summed E-state index contributed by atoms with van der Waals surface area (Å²) < 4.78 is 33.3. The molecule has 3 aromatic rings. The lowest BCUT2D eigenvalue weighted by molar-refractivity contribution is -0.384. The van der Waals surface area contributed by atoms with Crippen LogP contribution in [0, 0.1) is 10.1 Å². The van der Waals surface area contributed by atoms with Crippen LogP contribution in [0.4, 0.5) is 17.1 Å². The summed E-state index contributed by atoms with van der Waals surface area (Å²) in [6.45, 7) is 0. The number of aryl methyl sites for hydroxylation is 1. The number of hydrogen-bond acceptors (Lipinski definition) is 7. The van der Waals surface area contributed by atoms with Crippen LogP contribution in [0.25, 0.3) is 0 Å². The first kappa shape index (κ1) is 22.3. The Morgan fingerprint density at radius 3 is 2.55 bits per heavy atom. The molecular formula is C23H22N4O5S. The molecule has 0 saturated heterocycles. The second-order valence-corrected chi connectivity index (χ2v) is 9.11. The molecular weight excluding hydrogens is 444 g/mol. The van der Waals surface area contributed by atoms with Gasteiger partial charge in [-0.3, -0.25) is 20.3 Å². The van der Waals surface area contributed by atoms with E-state index in [0.29, 0.717) is 5.75 Å². The Morgan fingerprint density at radius 2 is 1.76 bits per heavy atom. The highest BCUT2D eigenvalue weighted by atomic mass is 32.2. The van der Waals surface area contributed by atoms with Crippen LogP contribution in [0.15, 0.2) is 76.7 Å². The van der Waals surface area contributed by atoms with E-state index in [2.05, 4.69) is 15.2 Å². The fourth-order valence-electron chi connectivity index (χ4n) is 3.70. The summed E-state index contributed by atoms with van der Waals surface area (Å²) in [5, 5.41) is 16.1. The molecule has 0 atom stereocenters. The number of nitro benzene ring substituents is 1. The van der Waals surface area contributed by atoms with E-state index >= 15 is 0 Å². The van der Waals surface area contributed by atoms with Crippen LogP contribution in [-0.2, 0) is 16.4 Å². The molecule has 0 amide bonds. The minimum atomic E-state index is -4.09. The molecule has 0 radical (unpaired) electrons. The molecule has 4 rings (SSSR count). The van der Waals surface area contributed by atoms with Crippen molar-refractivity contribution in [3.05, 3.63) is 88.0 Å². The maximum absolute atomic E-state index is 12.9. The zero-order valence-electron chi connectivity index (χ0n) is 17.8. The topological polar surface area (TPSA) is 123 Å². The number of nitrogens with zero attached hydrogens (tertiary/aromatic N) is 2. The maximum atomic E-state index is 12.9. The van der Waals surface area contributed by atoms with E-state index in [-0.39, 0.29) is 16.3 Å². The first-order valence-corrected chi connectivity index (χ1v) is 11.7. The summed E-state index contributed by atoms with van der Waals surface area (Å²) in [6, 6.07) is 18.1. The van der Waals surface area contributed by atoms with Crippen molar-refractivity contribution in [2.75, 3.05) is 17.3 Å². The molecule has 0 aromatic heterocycles. The Balaban J connectivity index is 1.63. The highest BCUT2D eigenvalue weighted by molar-refractivity contribution is 7.92. The second kappa shape index (κ2) is 9.29. The minimum Gasteiger partial charge on any atom is -0.495 e. The van der Waals surface area contributed by atoms with Gasteiger partial charge in [0.1, 0.15) is 11.4 Å². The van der Waals surface area contributed by atoms with E-state index in [4.69, 9.17) is 4.74 Å². The maximum Gasteiger partial charge on any atom is 0.295 e. The number of nitro groups is 1. The van der Waals surface area contributed by atoms with Crippen molar-refractivity contribution < 1.29 is 18.1 Å². The van der Waals surface area contributed by atoms with Crippen molar-refractivity contribution in [1.29, 1.82) is 0 Å². The predicted octanol–water partition coefficient (Wildman–Crippen LogP) is 4.56. The number of rotatable bonds is 7. The average Bonchev–Trinajstić information content (AvgIpc) is 2.82. The molecule has 9 nitrogen and oxygen atoms in total. The van der Waals surface area contributed by atoms with E-state index in [1.807, 2.05) is 24.3 Å². The summed E-state index contributed by atoms with van der Waals surface area (Å²) in [5.74, 6) is 0.331. The van der Waals surface area contributed by atoms with Gasteiger partial charge in [0.25, 0.3) is 15.7 Å². The number of sulfonamides is 1. The van der Waals surface area contributed by atoms with Crippen LogP contribution >= 0.6 is 0 Å². The zero-order valence-corrected chi connectivity index (χ0v) is 18.6. The summed E-state index contributed by atoms with van der Waals surface area (Å²) in [7, 11) is -2.67. The van der Waals surface area contributed by atoms with Gasteiger partial charge in [-0.2, -0.15) is 5.10 Å². The number of hydrogen-bond donors (Lipinski definition) is 2. The van der Waals surface area contributed by atoms with E-state index < -0.39 is 20.6 Å². The molecule has 170 valence electrons. The van der Waals surface area contributed by atoms with Gasteiger partial charge in [0.2, 0.25) is 0 Å². The number of ether oxygens (including phenoxy) is 1. The average molecular weight is 467 g/mol. The highest BCUT2D eigenvalue weighted by Crippen LogP contribution is 2.31. The van der Waals surface area contributed by atoms with E-state index in [9.17, 15) is 18.5 Å². The molecule has 1 aliphatic carbocycles. The first-order valence-electron chi connectivity index (χ1n) is 10.2. The van der Waals surface area contributed by atoms with Crippen LogP contribution < -0.4 is 14.9 Å². The normalized spacial score (nSPS) is 14.4. The van der Waals surface area contributed by atoms with Gasteiger partial charge in [0, 0.05) is 11.6 Å². The molecule has 3 aromatic carbocycles. The predicted molar refractivity (Wildman–Crippen MR) is 126 cm³/mol. The Hall–Kier alpha value is -3.92. The van der Waals surface area contributed by atoms with Gasteiger partial charge in [-0.05, 0) is 49.1 Å². The number of anilines is 2. The van der Waals surface area contributed by atoms with E-state index in [1.54, 1.807) is 24.3 Å². The van der Waals surface area contributed by atoms with Crippen LogP contribution in [0.1, 0.15) is 24.0 Å². The fraction of sp³-hybridized carbons (Fsp3) is 0.174. The van der Waals surface area contributed by atoms with Crippen molar-refractivity contribution in [3.63, 3.8) is 0 Å². The van der Waals surface area contributed by atoms with Crippen LogP contribution in [-0.4, -0.2) is 26.2 Å². The lowest BCUT2D eigenvalue weighted by Crippen LogP contribution is -2.15. The monoisotopic (exact) mass is 466 g/mol. The SMILES string of the molecule is COc1ccccc1NS(=O)(=O)c1ccc(NN=C2CCCc3ccccc32)c([N+](=O)[O-])c1. The molecule has 0 unspecified atom stereocenters. The molecule has 10 heteroatoms. The molecule has 0 heterocycles. The number of fused-ring (bicyclic) bond motifs is 1. The summed E-state index contributed by atoms with van der Waals surface area (Å²) >= 11 is 0. The summed E-state index contributed by atoms with van der Waals surface area (Å²) in [4.78, 5) is 10.8. The van der Waals surface area contributed by atoms with Crippen molar-refractivity contribution in [1.82, 2.24) is 0 Å². The van der Waals surface area contributed by atoms with Gasteiger partial charge in [-0.25, -0.2) is 8.42 Å². The Bertz CT molecular complexity index is 1340. The lowest BCUT2D eigenvalue weighted by Gasteiger charge is -2.17. The number of benzene rings is 3. The summed E-state index contributed by atoms with van der Waals surface area (Å²) in [5.41, 5.74) is 5.70. The van der Waals surface area contributed by atoms with E-state index in [0.717, 1.165) is 36.6 Å². The quantitative estimate of drug-likeness (QED) is 0.389. The molecule has 2 N–H and O–H groups in total. The second-order valence-electron chi connectivity index (χ2n) is 7.42. The van der Waals surface area contributed by atoms with E-state index in [1.165, 1.54) is 24.8 Å². The third-order valence-corrected chi connectivity index (χ3v) is 6.69. The largest absolute Gasteiger partial charge is 0.495 e. The van der Waals surface area contributed by atoms with Gasteiger partial charge in [-0.1, -0.05) is 36.4 Å². The van der Waals surface area contributed by atoms with Crippen molar-refractivity contribution >= 4 is 32.8 Å². The highest BCUT2D eigenvalue weighted by Gasteiger charge is 2.23. The smallest absolute Gasteiger partial charge is 0.295 e. The van der Waals surface area contributed by atoms with Gasteiger partial charge in [0.15, 0.2) is 0 Å². The first-order chi connectivity index (χ1) is 15.9. The Labute approximate surface area is 191 Å². The van der Waals surface area contributed by atoms with Crippen molar-refractivity contribution in [2.24, 2.45) is 5.10 Å². The number of hydrazone groups is 1. The Morgan fingerprint density at radius 1 is 1.00 bits per heavy atom. The third kappa shape index (κ3) is 4.80. The lowest BCUT2D eigenvalue weighted by atomic mass is 9.90. The van der Waals surface area contributed by atoms with Gasteiger partial charge in [-0.15, -0.1) is 0 Å². The zero-order chi connectivity index (χ0) is 23.4. The number of methoxy groups -OCH3 is 1. The van der Waals surface area contributed by atoms with Crippen LogP contribution in [0.2, 0.25) is 0 Å². The van der Waals surface area contributed by atoms with Crippen LogP contribution in [0.5, 0.6) is 5.75 Å². The van der Waals surface area contributed by atoms with Crippen LogP contribution in [0.3, 0.4) is 0 Å². The minimum absolute atomic E-state index is 0.104. The number of nitrogens with one attached hydrogen (secondary N) is 2. The van der Waals surface area contributed by atoms with Crippen molar-refractivity contribution in [3.8, 4) is 5.75 Å². The fourth-order valence-corrected chi connectivity index (χ4v) is 4.79. The van der Waals surface area contributed by atoms with Crippen molar-refractivity contribution in [2.45, 2.75) is 24.2 Å². The standard InChI is InChI=1S/C23H22N4O5S/c1-32-23-12-5-4-10-21(23)26-33(30,31)17-13-14-20(22(15-17)27(28)29)25-24-19-11-6-8-16-7-2-3-9-18(16)19/h2-5,7,9-10,12-15,25-26H,6,8,11H2,1H3. The molecule has 0 spiro atoms. The third-order valence-electron chi connectivity index (χ3n) is 5.33. The molecule has 0 saturated carbocycles. The summed E-state index contributed by atoms with van der Waals surface area (Å²) in [6.07, 6.45) is 2.64. The molecule has 0 bridgehead atoms. The molecule has 33 heavy (non-hydrogen) atoms.